The highest BCUT2D eigenvalue weighted by atomic mass is 32.1. The summed E-state index contributed by atoms with van der Waals surface area (Å²) in [5.41, 5.74) is 1.46. The summed E-state index contributed by atoms with van der Waals surface area (Å²) in [6.07, 6.45) is 15.9. The summed E-state index contributed by atoms with van der Waals surface area (Å²) in [5.74, 6) is 0. The Bertz CT molecular complexity index is 599. The molecule has 0 aliphatic rings. The largest absolute Gasteiger partial charge is 0.325 e. The molecule has 29 heavy (non-hydrogen) atoms. The molecule has 0 N–H and O–H groups in total. The van der Waals surface area contributed by atoms with Crippen LogP contribution < -0.4 is 0 Å². The first kappa shape index (κ1) is 25.7. The molecule has 1 aromatic carbocycles. The normalized spacial score (nSPS) is 11.0. The number of nitrogens with zero attached hydrogens (tertiary/aromatic N) is 2. The maximum atomic E-state index is 3.97. The number of rotatable bonds is 13. The van der Waals surface area contributed by atoms with Crippen LogP contribution in [0.2, 0.25) is 0 Å². The second-order valence-electron chi connectivity index (χ2n) is 8.67. The second-order valence-corrected chi connectivity index (χ2v) is 9.13. The first-order valence-electron chi connectivity index (χ1n) is 11.5. The van der Waals surface area contributed by atoms with Crippen LogP contribution in [-0.4, -0.2) is 30.1 Å². The molecule has 0 radical (unpaired) electrons. The zero-order valence-electron chi connectivity index (χ0n) is 19.0. The highest BCUT2D eigenvalue weighted by Gasteiger charge is 2.14. The first-order chi connectivity index (χ1) is 14.0. The van der Waals surface area contributed by atoms with Gasteiger partial charge in [-0.1, -0.05) is 94.7 Å². The smallest absolute Gasteiger partial charge is 0.104 e. The Morgan fingerprint density at radius 3 is 1.76 bits per heavy atom. The standard InChI is InChI=1S/C21H38N.C5H5NS/c1-4-5-6-7-8-9-10-11-12-16-19-22(2,3)20-21-17-14-13-15-18-21;7-5-3-1-2-4-6-5/h13-15,17-18H,4-12,16,19-20H2,1-3H3;1-4H,(H,6,7)/q+1;. The Balaban J connectivity index is 0.000000502. The molecule has 162 valence electrons. The van der Waals surface area contributed by atoms with Gasteiger partial charge in [0.2, 0.25) is 0 Å². The van der Waals surface area contributed by atoms with Crippen LogP contribution in [0.25, 0.3) is 0 Å². The lowest BCUT2D eigenvalue weighted by atomic mass is 10.1. The molecule has 2 aromatic rings. The molecule has 0 saturated carbocycles. The lowest BCUT2D eigenvalue weighted by Crippen LogP contribution is -2.39. The maximum Gasteiger partial charge on any atom is 0.104 e. The summed E-state index contributed by atoms with van der Waals surface area (Å²) < 4.78 is 1.11. The molecule has 0 atom stereocenters. The molecular formula is C26H43N2S+. The van der Waals surface area contributed by atoms with Gasteiger partial charge in [-0.05, 0) is 25.0 Å². The summed E-state index contributed by atoms with van der Waals surface area (Å²) in [6, 6.07) is 16.5. The number of benzene rings is 1. The van der Waals surface area contributed by atoms with Gasteiger partial charge >= 0.3 is 0 Å². The van der Waals surface area contributed by atoms with E-state index in [1.165, 1.54) is 76.3 Å². The van der Waals surface area contributed by atoms with Crippen molar-refractivity contribution in [2.24, 2.45) is 0 Å². The van der Waals surface area contributed by atoms with Gasteiger partial charge < -0.3 is 4.48 Å². The topological polar surface area (TPSA) is 12.9 Å². The van der Waals surface area contributed by atoms with E-state index in [2.05, 4.69) is 69.0 Å². The lowest BCUT2D eigenvalue weighted by Gasteiger charge is -2.30. The number of hydrogen-bond donors (Lipinski definition) is 1. The average molecular weight is 416 g/mol. The van der Waals surface area contributed by atoms with Gasteiger partial charge in [0, 0.05) is 11.8 Å². The highest BCUT2D eigenvalue weighted by Crippen LogP contribution is 2.14. The molecule has 2 rings (SSSR count). The van der Waals surface area contributed by atoms with E-state index >= 15 is 0 Å². The molecule has 1 heterocycles. The molecule has 2 nitrogen and oxygen atoms in total. The molecular weight excluding hydrogens is 372 g/mol. The van der Waals surface area contributed by atoms with Crippen LogP contribution in [0.5, 0.6) is 0 Å². The van der Waals surface area contributed by atoms with Crippen LogP contribution in [0.3, 0.4) is 0 Å². The van der Waals surface area contributed by atoms with E-state index in [0.717, 1.165) is 16.1 Å². The van der Waals surface area contributed by atoms with Crippen LogP contribution in [0.4, 0.5) is 0 Å². The Hall–Kier alpha value is -1.32. The summed E-state index contributed by atoms with van der Waals surface area (Å²) in [7, 11) is 4.72. The minimum atomic E-state index is 0.766. The fraction of sp³-hybridized carbons (Fsp3) is 0.577. The van der Waals surface area contributed by atoms with Crippen molar-refractivity contribution in [2.75, 3.05) is 20.6 Å². The third kappa shape index (κ3) is 15.2. The number of hydrogen-bond acceptors (Lipinski definition) is 2. The lowest BCUT2D eigenvalue weighted by molar-refractivity contribution is -0.903. The van der Waals surface area contributed by atoms with Gasteiger partial charge in [0.1, 0.15) is 6.54 Å². The van der Waals surface area contributed by atoms with Gasteiger partial charge in [0.25, 0.3) is 0 Å². The van der Waals surface area contributed by atoms with Crippen molar-refractivity contribution < 1.29 is 4.48 Å². The van der Waals surface area contributed by atoms with Crippen LogP contribution >= 0.6 is 12.6 Å². The third-order valence-corrected chi connectivity index (χ3v) is 5.48. The molecule has 1 aromatic heterocycles. The summed E-state index contributed by atoms with van der Waals surface area (Å²) in [6.45, 7) is 4.74. The van der Waals surface area contributed by atoms with E-state index in [1.807, 2.05) is 18.2 Å². The van der Waals surface area contributed by atoms with E-state index in [9.17, 15) is 0 Å². The molecule has 0 saturated heterocycles. The van der Waals surface area contributed by atoms with Gasteiger partial charge in [0.15, 0.2) is 0 Å². The minimum Gasteiger partial charge on any atom is -0.325 e. The number of unbranched alkanes of at least 4 members (excludes halogenated alkanes) is 9. The fourth-order valence-electron chi connectivity index (χ4n) is 3.54. The monoisotopic (exact) mass is 415 g/mol. The second kappa shape index (κ2) is 16.5. The van der Waals surface area contributed by atoms with Crippen LogP contribution in [0, 0.1) is 0 Å². The Morgan fingerprint density at radius 1 is 0.724 bits per heavy atom. The SMILES string of the molecule is CCCCCCCCCCCC[N+](C)(C)Cc1ccccc1.Sc1ccccn1. The van der Waals surface area contributed by atoms with Crippen LogP contribution in [0.15, 0.2) is 59.8 Å². The van der Waals surface area contributed by atoms with E-state index in [1.54, 1.807) is 6.20 Å². The van der Waals surface area contributed by atoms with E-state index in [4.69, 9.17) is 0 Å². The number of quaternary nitrogens is 1. The number of aromatic nitrogens is 1. The van der Waals surface area contributed by atoms with E-state index in [0.29, 0.717) is 0 Å². The summed E-state index contributed by atoms with van der Waals surface area (Å²) in [4.78, 5) is 3.84. The van der Waals surface area contributed by atoms with Gasteiger partial charge in [-0.2, -0.15) is 0 Å². The summed E-state index contributed by atoms with van der Waals surface area (Å²) >= 11 is 3.97. The predicted molar refractivity (Wildman–Crippen MR) is 130 cm³/mol. The minimum absolute atomic E-state index is 0.766. The predicted octanol–water partition coefficient (Wildman–Crippen LogP) is 7.55. The third-order valence-electron chi connectivity index (χ3n) is 5.22. The van der Waals surface area contributed by atoms with Crippen molar-refractivity contribution in [3.63, 3.8) is 0 Å². The van der Waals surface area contributed by atoms with E-state index < -0.39 is 0 Å². The fourth-order valence-corrected chi connectivity index (χ4v) is 3.69. The van der Waals surface area contributed by atoms with Crippen molar-refractivity contribution >= 4 is 12.6 Å². The van der Waals surface area contributed by atoms with Crippen molar-refractivity contribution in [2.45, 2.75) is 82.7 Å². The molecule has 0 aliphatic heterocycles. The van der Waals surface area contributed by atoms with Crippen molar-refractivity contribution in [1.82, 2.24) is 4.98 Å². The van der Waals surface area contributed by atoms with Gasteiger partial charge in [0.05, 0.1) is 25.7 Å². The van der Waals surface area contributed by atoms with Gasteiger partial charge in [-0.25, -0.2) is 0 Å². The molecule has 0 bridgehead atoms. The molecule has 0 spiro atoms. The summed E-state index contributed by atoms with van der Waals surface area (Å²) in [5, 5.41) is 0.766. The van der Waals surface area contributed by atoms with Gasteiger partial charge in [-0.3, -0.25) is 4.98 Å². The zero-order chi connectivity index (χ0) is 21.2. The Kier molecular flexibility index (Phi) is 14.6. The van der Waals surface area contributed by atoms with Gasteiger partial charge in [-0.15, -0.1) is 12.6 Å². The van der Waals surface area contributed by atoms with Crippen molar-refractivity contribution in [3.8, 4) is 0 Å². The van der Waals surface area contributed by atoms with Crippen molar-refractivity contribution in [3.05, 3.63) is 60.3 Å². The molecule has 0 aliphatic carbocycles. The molecule has 0 fully saturated rings. The van der Waals surface area contributed by atoms with Crippen molar-refractivity contribution in [1.29, 1.82) is 0 Å². The Labute approximate surface area is 185 Å². The van der Waals surface area contributed by atoms with Crippen LogP contribution in [0.1, 0.15) is 76.7 Å². The van der Waals surface area contributed by atoms with E-state index in [-0.39, 0.29) is 0 Å². The first-order valence-corrected chi connectivity index (χ1v) is 11.9. The van der Waals surface area contributed by atoms with Crippen LogP contribution in [-0.2, 0) is 6.54 Å². The quantitative estimate of drug-likeness (QED) is 0.202. The molecule has 0 amide bonds. The molecule has 0 unspecified atom stereocenters. The number of thiol groups is 1. The highest BCUT2D eigenvalue weighted by molar-refractivity contribution is 7.80. The Morgan fingerprint density at radius 2 is 1.28 bits per heavy atom. The zero-order valence-corrected chi connectivity index (χ0v) is 19.9. The average Bonchev–Trinajstić information content (AvgIpc) is 2.71. The molecule has 3 heteroatoms. The maximum absolute atomic E-state index is 3.97. The number of pyridine rings is 1.